The smallest absolute Gasteiger partial charge is 0.267 e. The van der Waals surface area contributed by atoms with Crippen LogP contribution in [0.5, 0.6) is 0 Å². The Kier molecular flexibility index (Phi) is 6.20. The van der Waals surface area contributed by atoms with E-state index >= 15 is 0 Å². The Labute approximate surface area is 167 Å². The van der Waals surface area contributed by atoms with Gasteiger partial charge in [0, 0.05) is 30.0 Å². The number of anilines is 1. The van der Waals surface area contributed by atoms with Gasteiger partial charge in [0.15, 0.2) is 0 Å². The Balaban J connectivity index is 1.56. The van der Waals surface area contributed by atoms with Crippen molar-refractivity contribution < 1.29 is 9.59 Å². The summed E-state index contributed by atoms with van der Waals surface area (Å²) in [6.45, 7) is 7.18. The molecule has 2 heterocycles. The first kappa shape index (κ1) is 19.8. The third kappa shape index (κ3) is 4.83. The number of amides is 2. The lowest BCUT2D eigenvalue weighted by Gasteiger charge is -2.11. The van der Waals surface area contributed by atoms with Gasteiger partial charge in [0.2, 0.25) is 0 Å². The SMILES string of the molecule is Cc1cc(C)n(CCCNC(=O)c2ccc(C)c(NC(=O)c3cncs3)c2)n1. The van der Waals surface area contributed by atoms with E-state index in [0.29, 0.717) is 22.7 Å². The van der Waals surface area contributed by atoms with Crippen LogP contribution in [-0.4, -0.2) is 33.1 Å². The van der Waals surface area contributed by atoms with E-state index in [1.54, 1.807) is 17.6 Å². The first-order valence-electron chi connectivity index (χ1n) is 9.04. The number of nitrogens with one attached hydrogen (secondary N) is 2. The number of carbonyl (C=O) groups is 2. The van der Waals surface area contributed by atoms with Crippen molar-refractivity contribution in [1.29, 1.82) is 0 Å². The molecule has 0 saturated heterocycles. The lowest BCUT2D eigenvalue weighted by atomic mass is 10.1. The van der Waals surface area contributed by atoms with E-state index in [4.69, 9.17) is 0 Å². The molecule has 2 aromatic heterocycles. The van der Waals surface area contributed by atoms with Gasteiger partial charge in [-0.25, -0.2) is 0 Å². The monoisotopic (exact) mass is 397 g/mol. The van der Waals surface area contributed by atoms with Gasteiger partial charge in [-0.15, -0.1) is 11.3 Å². The Morgan fingerprint density at radius 2 is 1.96 bits per heavy atom. The van der Waals surface area contributed by atoms with Crippen LogP contribution >= 0.6 is 11.3 Å². The van der Waals surface area contributed by atoms with Crippen LogP contribution in [0.3, 0.4) is 0 Å². The number of carbonyl (C=O) groups excluding carboxylic acids is 2. The molecule has 0 aliphatic carbocycles. The average Bonchev–Trinajstić information content (AvgIpc) is 3.30. The molecule has 8 heteroatoms. The molecule has 0 atom stereocenters. The summed E-state index contributed by atoms with van der Waals surface area (Å²) in [7, 11) is 0. The Morgan fingerprint density at radius 1 is 1.14 bits per heavy atom. The highest BCUT2D eigenvalue weighted by Crippen LogP contribution is 2.19. The van der Waals surface area contributed by atoms with Crippen molar-refractivity contribution in [3.8, 4) is 0 Å². The molecule has 2 N–H and O–H groups in total. The van der Waals surface area contributed by atoms with Gasteiger partial charge in [-0.1, -0.05) is 6.07 Å². The van der Waals surface area contributed by atoms with Crippen LogP contribution in [0.25, 0.3) is 0 Å². The first-order valence-corrected chi connectivity index (χ1v) is 9.92. The normalized spacial score (nSPS) is 10.7. The van der Waals surface area contributed by atoms with Crippen LogP contribution in [0.4, 0.5) is 5.69 Å². The Hall–Kier alpha value is -3.00. The molecule has 7 nitrogen and oxygen atoms in total. The molecule has 0 unspecified atom stereocenters. The van der Waals surface area contributed by atoms with Gasteiger partial charge in [0.25, 0.3) is 11.8 Å². The van der Waals surface area contributed by atoms with Gasteiger partial charge in [-0.2, -0.15) is 5.10 Å². The molecule has 3 aromatic rings. The molecule has 0 saturated carbocycles. The summed E-state index contributed by atoms with van der Waals surface area (Å²) in [6.07, 6.45) is 2.31. The van der Waals surface area contributed by atoms with Gasteiger partial charge in [-0.3, -0.25) is 19.3 Å². The summed E-state index contributed by atoms with van der Waals surface area (Å²) in [5.74, 6) is -0.394. The van der Waals surface area contributed by atoms with E-state index in [1.807, 2.05) is 37.6 Å². The second kappa shape index (κ2) is 8.79. The highest BCUT2D eigenvalue weighted by molar-refractivity contribution is 7.11. The number of hydrogen-bond donors (Lipinski definition) is 2. The molecule has 1 aromatic carbocycles. The molecule has 3 rings (SSSR count). The summed E-state index contributed by atoms with van der Waals surface area (Å²) in [5, 5.41) is 10.2. The zero-order valence-corrected chi connectivity index (χ0v) is 17.0. The standard InChI is InChI=1S/C20H23N5O2S/c1-13-5-6-16(10-17(13)23-20(27)18-11-21-12-28-18)19(26)22-7-4-8-25-15(3)9-14(2)24-25/h5-6,9-12H,4,7-8H2,1-3H3,(H,22,26)(H,23,27). The van der Waals surface area contributed by atoms with Crippen LogP contribution in [-0.2, 0) is 6.54 Å². The number of thiazole rings is 1. The van der Waals surface area contributed by atoms with Gasteiger partial charge >= 0.3 is 0 Å². The first-order chi connectivity index (χ1) is 13.4. The lowest BCUT2D eigenvalue weighted by Crippen LogP contribution is -2.25. The number of aromatic nitrogens is 3. The van der Waals surface area contributed by atoms with Gasteiger partial charge < -0.3 is 10.6 Å². The summed E-state index contributed by atoms with van der Waals surface area (Å²) in [5.41, 5.74) is 5.74. The quantitative estimate of drug-likeness (QED) is 0.599. The molecule has 0 bridgehead atoms. The fraction of sp³-hybridized carbons (Fsp3) is 0.300. The van der Waals surface area contributed by atoms with E-state index in [0.717, 1.165) is 29.9 Å². The number of aryl methyl sites for hydroxylation is 4. The van der Waals surface area contributed by atoms with Crippen molar-refractivity contribution >= 4 is 28.8 Å². The number of rotatable bonds is 7. The van der Waals surface area contributed by atoms with Crippen LogP contribution < -0.4 is 10.6 Å². The summed E-state index contributed by atoms with van der Waals surface area (Å²) < 4.78 is 1.94. The van der Waals surface area contributed by atoms with E-state index in [9.17, 15) is 9.59 Å². The third-order valence-electron chi connectivity index (χ3n) is 4.34. The molecule has 0 aliphatic rings. The second-order valence-electron chi connectivity index (χ2n) is 6.61. The van der Waals surface area contributed by atoms with Crippen LogP contribution in [0, 0.1) is 20.8 Å². The van der Waals surface area contributed by atoms with Crippen molar-refractivity contribution in [2.24, 2.45) is 0 Å². The molecule has 0 spiro atoms. The van der Waals surface area contributed by atoms with Gasteiger partial charge in [0.1, 0.15) is 4.88 Å². The minimum absolute atomic E-state index is 0.165. The zero-order chi connectivity index (χ0) is 20.1. The Bertz CT molecular complexity index is 979. The fourth-order valence-corrected chi connectivity index (χ4v) is 3.36. The van der Waals surface area contributed by atoms with Crippen molar-refractivity contribution in [1.82, 2.24) is 20.1 Å². The highest BCUT2D eigenvalue weighted by atomic mass is 32.1. The maximum Gasteiger partial charge on any atom is 0.267 e. The molecule has 146 valence electrons. The molecule has 0 radical (unpaired) electrons. The molecule has 28 heavy (non-hydrogen) atoms. The van der Waals surface area contributed by atoms with Gasteiger partial charge in [-0.05, 0) is 51.0 Å². The lowest BCUT2D eigenvalue weighted by molar-refractivity contribution is 0.0951. The predicted octanol–water partition coefficient (Wildman–Crippen LogP) is 3.34. The number of benzene rings is 1. The molecule has 0 aliphatic heterocycles. The van der Waals surface area contributed by atoms with E-state index in [1.165, 1.54) is 17.5 Å². The van der Waals surface area contributed by atoms with Gasteiger partial charge in [0.05, 0.1) is 17.4 Å². The summed E-state index contributed by atoms with van der Waals surface area (Å²) in [4.78, 5) is 29.1. The minimum Gasteiger partial charge on any atom is -0.352 e. The molecular formula is C20H23N5O2S. The average molecular weight is 398 g/mol. The third-order valence-corrected chi connectivity index (χ3v) is 5.11. The van der Waals surface area contributed by atoms with Crippen molar-refractivity contribution in [2.45, 2.75) is 33.7 Å². The predicted molar refractivity (Wildman–Crippen MR) is 110 cm³/mol. The molecule has 2 amide bonds. The topological polar surface area (TPSA) is 88.9 Å². The van der Waals surface area contributed by atoms with E-state index in [2.05, 4.69) is 20.7 Å². The molecule has 0 fully saturated rings. The van der Waals surface area contributed by atoms with Crippen LogP contribution in [0.1, 0.15) is 43.4 Å². The van der Waals surface area contributed by atoms with Crippen molar-refractivity contribution in [2.75, 3.05) is 11.9 Å². The number of nitrogens with zero attached hydrogens (tertiary/aromatic N) is 3. The maximum absolute atomic E-state index is 12.5. The van der Waals surface area contributed by atoms with E-state index in [-0.39, 0.29) is 11.8 Å². The fourth-order valence-electron chi connectivity index (χ4n) is 2.84. The number of hydrogen-bond acceptors (Lipinski definition) is 5. The summed E-state index contributed by atoms with van der Waals surface area (Å²) in [6, 6.07) is 7.32. The van der Waals surface area contributed by atoms with Crippen molar-refractivity contribution in [3.05, 3.63) is 63.4 Å². The van der Waals surface area contributed by atoms with E-state index < -0.39 is 0 Å². The summed E-state index contributed by atoms with van der Waals surface area (Å²) >= 11 is 1.27. The highest BCUT2D eigenvalue weighted by Gasteiger charge is 2.12. The van der Waals surface area contributed by atoms with Crippen molar-refractivity contribution in [3.63, 3.8) is 0 Å². The maximum atomic E-state index is 12.5. The minimum atomic E-state index is -0.229. The van der Waals surface area contributed by atoms with Crippen LogP contribution in [0.15, 0.2) is 36.0 Å². The second-order valence-corrected chi connectivity index (χ2v) is 7.50. The Morgan fingerprint density at radius 3 is 2.64 bits per heavy atom. The van der Waals surface area contributed by atoms with Crippen LogP contribution in [0.2, 0.25) is 0 Å². The molecular weight excluding hydrogens is 374 g/mol. The zero-order valence-electron chi connectivity index (χ0n) is 16.2. The largest absolute Gasteiger partial charge is 0.352 e.